The van der Waals surface area contributed by atoms with Crippen LogP contribution in [0.1, 0.15) is 41.6 Å². The Kier molecular flexibility index (Phi) is 11.0. The Morgan fingerprint density at radius 2 is 1.36 bits per heavy atom. The van der Waals surface area contributed by atoms with Crippen molar-refractivity contribution in [3.8, 4) is 23.0 Å². The van der Waals surface area contributed by atoms with Gasteiger partial charge in [0.25, 0.3) is 0 Å². The Labute approximate surface area is 267 Å². The van der Waals surface area contributed by atoms with Crippen molar-refractivity contribution in [3.05, 3.63) is 98.3 Å². The molecule has 6 nitrogen and oxygen atoms in total. The van der Waals surface area contributed by atoms with E-state index < -0.39 is 0 Å². The highest BCUT2D eigenvalue weighted by Gasteiger charge is 2.42. The van der Waals surface area contributed by atoms with E-state index in [-0.39, 0.29) is 22.4 Å². The SMILES string of the molecule is Br.COc1ccc(CC/N=c2/scc(C3(c4ccc(Cl)cc4)CCC3)n2CCc2ccc(OC)c(OC)c2)cc1OC. The van der Waals surface area contributed by atoms with Crippen molar-refractivity contribution in [1.29, 1.82) is 0 Å². The quantitative estimate of drug-likeness (QED) is 0.155. The first-order valence-electron chi connectivity index (χ1n) is 13.9. The maximum absolute atomic E-state index is 6.26. The summed E-state index contributed by atoms with van der Waals surface area (Å²) in [5.74, 6) is 2.96. The van der Waals surface area contributed by atoms with Crippen LogP contribution in [0, 0.1) is 0 Å². The van der Waals surface area contributed by atoms with E-state index in [1.807, 2.05) is 30.3 Å². The van der Waals surface area contributed by atoms with E-state index in [9.17, 15) is 0 Å². The second kappa shape index (κ2) is 14.5. The molecule has 1 aromatic heterocycles. The van der Waals surface area contributed by atoms with Crippen molar-refractivity contribution in [2.24, 2.45) is 4.99 Å². The van der Waals surface area contributed by atoms with E-state index in [0.29, 0.717) is 6.54 Å². The van der Waals surface area contributed by atoms with Crippen LogP contribution in [-0.4, -0.2) is 39.6 Å². The predicted octanol–water partition coefficient (Wildman–Crippen LogP) is 7.67. The monoisotopic (exact) mass is 672 g/mol. The standard InChI is InChI=1S/C33H37ClN2O4S.BrH/c1-37-27-12-6-23(20-29(27)39-3)14-18-35-32-36(19-15-24-7-13-28(38-2)30(21-24)40-4)31(22-41-32)33(16-5-17-33)25-8-10-26(34)11-9-25;/h6-13,20-22H,5,14-19H2,1-4H3;1H/b35-32+;. The molecule has 0 spiro atoms. The summed E-state index contributed by atoms with van der Waals surface area (Å²) >= 11 is 7.99. The summed E-state index contributed by atoms with van der Waals surface area (Å²) in [7, 11) is 6.66. The van der Waals surface area contributed by atoms with Gasteiger partial charge in [0.05, 0.1) is 28.4 Å². The number of hydrogen-bond acceptors (Lipinski definition) is 6. The van der Waals surface area contributed by atoms with Crippen molar-refractivity contribution >= 4 is 39.9 Å². The van der Waals surface area contributed by atoms with Crippen molar-refractivity contribution in [2.45, 2.75) is 44.1 Å². The van der Waals surface area contributed by atoms with Gasteiger partial charge in [-0.1, -0.05) is 42.3 Å². The zero-order valence-corrected chi connectivity index (χ0v) is 27.8. The number of aromatic nitrogens is 1. The van der Waals surface area contributed by atoms with Crippen LogP contribution in [0.25, 0.3) is 0 Å². The molecular formula is C33H38BrClN2O4S. The van der Waals surface area contributed by atoms with Crippen molar-refractivity contribution in [2.75, 3.05) is 35.0 Å². The minimum Gasteiger partial charge on any atom is -0.493 e. The molecule has 9 heteroatoms. The van der Waals surface area contributed by atoms with Gasteiger partial charge in [-0.15, -0.1) is 28.3 Å². The lowest BCUT2D eigenvalue weighted by atomic mass is 9.62. The van der Waals surface area contributed by atoms with Crippen LogP contribution >= 0.6 is 39.9 Å². The summed E-state index contributed by atoms with van der Waals surface area (Å²) < 4.78 is 24.3. The highest BCUT2D eigenvalue weighted by atomic mass is 79.9. The number of benzene rings is 3. The van der Waals surface area contributed by atoms with Gasteiger partial charge in [-0.05, 0) is 78.8 Å². The average Bonchev–Trinajstić information content (AvgIpc) is 3.38. The normalized spacial score (nSPS) is 14.1. The van der Waals surface area contributed by atoms with Crippen LogP contribution in [0.2, 0.25) is 5.02 Å². The molecule has 0 N–H and O–H groups in total. The van der Waals surface area contributed by atoms with Crippen LogP contribution in [0.3, 0.4) is 0 Å². The highest BCUT2D eigenvalue weighted by Crippen LogP contribution is 2.49. The van der Waals surface area contributed by atoms with Crippen LogP contribution < -0.4 is 23.7 Å². The maximum Gasteiger partial charge on any atom is 0.184 e. The van der Waals surface area contributed by atoms with E-state index >= 15 is 0 Å². The Morgan fingerprint density at radius 3 is 1.88 bits per heavy atom. The number of nitrogens with zero attached hydrogens (tertiary/aromatic N) is 2. The third-order valence-corrected chi connectivity index (χ3v) is 9.21. The van der Waals surface area contributed by atoms with Crippen LogP contribution in [0.5, 0.6) is 23.0 Å². The molecule has 1 saturated carbocycles. The molecule has 1 fully saturated rings. The molecule has 0 aliphatic heterocycles. The third kappa shape index (κ3) is 6.66. The van der Waals surface area contributed by atoms with Crippen molar-refractivity contribution in [3.63, 3.8) is 0 Å². The molecule has 0 atom stereocenters. The first-order valence-corrected chi connectivity index (χ1v) is 15.1. The Balaban J connectivity index is 0.00000405. The lowest BCUT2D eigenvalue weighted by molar-refractivity contribution is 0.282. The maximum atomic E-state index is 6.26. The fourth-order valence-corrected chi connectivity index (χ4v) is 6.81. The van der Waals surface area contributed by atoms with E-state index in [1.165, 1.54) is 23.2 Å². The number of hydrogen-bond donors (Lipinski definition) is 0. The van der Waals surface area contributed by atoms with Crippen molar-refractivity contribution < 1.29 is 18.9 Å². The van der Waals surface area contributed by atoms with Gasteiger partial charge in [0.2, 0.25) is 0 Å². The van der Waals surface area contributed by atoms with Crippen LogP contribution in [0.15, 0.2) is 71.0 Å². The summed E-state index contributed by atoms with van der Waals surface area (Å²) in [5.41, 5.74) is 4.99. The highest BCUT2D eigenvalue weighted by molar-refractivity contribution is 8.93. The molecule has 0 radical (unpaired) electrons. The fourth-order valence-electron chi connectivity index (χ4n) is 5.63. The van der Waals surface area contributed by atoms with Gasteiger partial charge in [-0.2, -0.15) is 0 Å². The number of halogens is 2. The molecule has 3 aromatic carbocycles. The Morgan fingerprint density at radius 1 is 0.786 bits per heavy atom. The summed E-state index contributed by atoms with van der Waals surface area (Å²) in [6.45, 7) is 1.50. The first-order chi connectivity index (χ1) is 20.0. The largest absolute Gasteiger partial charge is 0.493 e. The minimum absolute atomic E-state index is 0. The molecule has 0 saturated heterocycles. The van der Waals surface area contributed by atoms with Gasteiger partial charge in [-0.25, -0.2) is 0 Å². The van der Waals surface area contributed by atoms with Gasteiger partial charge in [0, 0.05) is 34.6 Å². The van der Waals surface area contributed by atoms with Gasteiger partial charge in [-0.3, -0.25) is 4.99 Å². The molecule has 0 amide bonds. The first kappa shape index (κ1) is 32.0. The molecule has 1 aliphatic rings. The van der Waals surface area contributed by atoms with E-state index in [4.69, 9.17) is 35.5 Å². The number of ether oxygens (including phenoxy) is 4. The molecule has 224 valence electrons. The summed E-state index contributed by atoms with van der Waals surface area (Å²) in [4.78, 5) is 6.16. The minimum atomic E-state index is -0.0180. The van der Waals surface area contributed by atoms with Gasteiger partial charge in [0.15, 0.2) is 27.8 Å². The number of rotatable bonds is 12. The average molecular weight is 674 g/mol. The molecule has 0 bridgehead atoms. The summed E-state index contributed by atoms with van der Waals surface area (Å²) in [6.07, 6.45) is 5.11. The van der Waals surface area contributed by atoms with E-state index in [0.717, 1.165) is 70.6 Å². The Hall–Kier alpha value is -2.94. The zero-order valence-electron chi connectivity index (χ0n) is 24.5. The van der Waals surface area contributed by atoms with Crippen LogP contribution in [-0.2, 0) is 24.8 Å². The lowest BCUT2D eigenvalue weighted by Crippen LogP contribution is -2.39. The lowest BCUT2D eigenvalue weighted by Gasteiger charge is -2.43. The van der Waals surface area contributed by atoms with E-state index in [2.05, 4.69) is 40.3 Å². The second-order valence-corrected chi connectivity index (χ2v) is 11.5. The number of thiazole rings is 1. The summed E-state index contributed by atoms with van der Waals surface area (Å²) in [5, 5.41) is 3.08. The zero-order chi connectivity index (χ0) is 28.8. The Bertz CT molecular complexity index is 1550. The van der Waals surface area contributed by atoms with Crippen molar-refractivity contribution in [1.82, 2.24) is 4.57 Å². The van der Waals surface area contributed by atoms with Crippen LogP contribution in [0.4, 0.5) is 0 Å². The van der Waals surface area contributed by atoms with E-state index in [1.54, 1.807) is 39.8 Å². The molecular weight excluding hydrogens is 636 g/mol. The van der Waals surface area contributed by atoms with Gasteiger partial charge < -0.3 is 23.5 Å². The predicted molar refractivity (Wildman–Crippen MR) is 176 cm³/mol. The third-order valence-electron chi connectivity index (χ3n) is 8.06. The topological polar surface area (TPSA) is 54.2 Å². The molecule has 4 aromatic rings. The van der Waals surface area contributed by atoms with Gasteiger partial charge in [0.1, 0.15) is 0 Å². The molecule has 0 unspecified atom stereocenters. The fraction of sp³-hybridized carbons (Fsp3) is 0.364. The molecule has 42 heavy (non-hydrogen) atoms. The summed E-state index contributed by atoms with van der Waals surface area (Å²) in [6, 6.07) is 20.6. The van der Waals surface area contributed by atoms with Gasteiger partial charge >= 0.3 is 0 Å². The smallest absolute Gasteiger partial charge is 0.184 e. The molecule has 1 aliphatic carbocycles. The number of aryl methyl sites for hydroxylation is 1. The number of methoxy groups -OCH3 is 4. The molecule has 5 rings (SSSR count). The molecule has 1 heterocycles. The second-order valence-electron chi connectivity index (χ2n) is 10.3.